The molecule has 1 aliphatic rings. The van der Waals surface area contributed by atoms with Gasteiger partial charge >= 0.3 is 0 Å². The first-order valence-electron chi connectivity index (χ1n) is 9.65. The maximum absolute atomic E-state index is 12.9. The van der Waals surface area contributed by atoms with Crippen LogP contribution in [0.5, 0.6) is 5.75 Å². The lowest BCUT2D eigenvalue weighted by Crippen LogP contribution is -2.15. The van der Waals surface area contributed by atoms with E-state index in [9.17, 15) is 13.2 Å². The molecule has 3 rings (SSSR count). The summed E-state index contributed by atoms with van der Waals surface area (Å²) in [7, 11) is -2.26. The van der Waals surface area contributed by atoms with Crippen molar-refractivity contribution in [1.29, 1.82) is 0 Å². The van der Waals surface area contributed by atoms with Gasteiger partial charge in [0.05, 0.1) is 12.0 Å². The summed E-state index contributed by atoms with van der Waals surface area (Å²) in [5, 5.41) is 2.78. The summed E-state index contributed by atoms with van der Waals surface area (Å²) in [6.07, 6.45) is 6.98. The topological polar surface area (TPSA) is 84.5 Å². The van der Waals surface area contributed by atoms with Gasteiger partial charge in [-0.05, 0) is 74.6 Å². The van der Waals surface area contributed by atoms with E-state index in [-0.39, 0.29) is 10.8 Å². The Labute approximate surface area is 172 Å². The second-order valence-electron chi connectivity index (χ2n) is 7.17. The average molecular weight is 415 g/mol. The van der Waals surface area contributed by atoms with E-state index >= 15 is 0 Å². The van der Waals surface area contributed by atoms with Crippen LogP contribution in [0, 0.1) is 6.92 Å². The molecule has 0 radical (unpaired) electrons. The first-order chi connectivity index (χ1) is 13.9. The summed E-state index contributed by atoms with van der Waals surface area (Å²) >= 11 is 0. The van der Waals surface area contributed by atoms with Gasteiger partial charge in [0.1, 0.15) is 5.75 Å². The van der Waals surface area contributed by atoms with E-state index in [4.69, 9.17) is 4.74 Å². The van der Waals surface area contributed by atoms with Crippen LogP contribution < -0.4 is 14.8 Å². The minimum atomic E-state index is -3.81. The lowest BCUT2D eigenvalue weighted by atomic mass is 9.94. The quantitative estimate of drug-likeness (QED) is 0.675. The first-order valence-corrected chi connectivity index (χ1v) is 11.1. The molecule has 0 saturated heterocycles. The fourth-order valence-corrected chi connectivity index (χ4v) is 4.68. The zero-order chi connectivity index (χ0) is 20.9. The molecule has 2 aromatic rings. The predicted octanol–water partition coefficient (Wildman–Crippen LogP) is 4.63. The lowest BCUT2D eigenvalue weighted by Gasteiger charge is -2.14. The Balaban J connectivity index is 1.77. The lowest BCUT2D eigenvalue weighted by molar-refractivity contribution is -0.112. The summed E-state index contributed by atoms with van der Waals surface area (Å²) in [6, 6.07) is 11.5. The molecule has 2 aromatic carbocycles. The van der Waals surface area contributed by atoms with Gasteiger partial charge in [0.15, 0.2) is 0 Å². The highest BCUT2D eigenvalue weighted by Crippen LogP contribution is 2.25. The summed E-state index contributed by atoms with van der Waals surface area (Å²) in [6.45, 7) is 1.72. The van der Waals surface area contributed by atoms with Crippen molar-refractivity contribution in [3.8, 4) is 5.75 Å². The molecule has 1 saturated carbocycles. The Kier molecular flexibility index (Phi) is 6.59. The first kappa shape index (κ1) is 20.9. The van der Waals surface area contributed by atoms with Crippen molar-refractivity contribution in [1.82, 2.24) is 0 Å². The van der Waals surface area contributed by atoms with Crippen molar-refractivity contribution < 1.29 is 17.9 Å². The summed E-state index contributed by atoms with van der Waals surface area (Å²) < 4.78 is 33.4. The smallest absolute Gasteiger partial charge is 0.262 e. The molecular formula is C22H26N2O4S. The normalized spacial score (nSPS) is 14.2. The van der Waals surface area contributed by atoms with E-state index in [2.05, 4.69) is 10.0 Å². The van der Waals surface area contributed by atoms with Crippen molar-refractivity contribution in [2.24, 2.45) is 0 Å². The van der Waals surface area contributed by atoms with Gasteiger partial charge < -0.3 is 10.1 Å². The zero-order valence-electron chi connectivity index (χ0n) is 16.7. The predicted molar refractivity (Wildman–Crippen MR) is 115 cm³/mol. The van der Waals surface area contributed by atoms with Crippen molar-refractivity contribution in [3.05, 3.63) is 59.7 Å². The van der Waals surface area contributed by atoms with Crippen molar-refractivity contribution in [2.75, 3.05) is 17.1 Å². The molecule has 6 nitrogen and oxygen atoms in total. The van der Waals surface area contributed by atoms with E-state index in [1.54, 1.807) is 56.5 Å². The number of methoxy groups -OCH3 is 1. The van der Waals surface area contributed by atoms with Gasteiger partial charge in [0.2, 0.25) is 5.91 Å². The van der Waals surface area contributed by atoms with Crippen LogP contribution in [0.25, 0.3) is 0 Å². The minimum Gasteiger partial charge on any atom is -0.497 e. The Hall–Kier alpha value is -2.80. The molecule has 1 fully saturated rings. The number of ether oxygens (including phenoxy) is 1. The van der Waals surface area contributed by atoms with Crippen LogP contribution in [-0.2, 0) is 14.8 Å². The summed E-state index contributed by atoms with van der Waals surface area (Å²) in [5.41, 5.74) is 2.62. The molecule has 7 heteroatoms. The number of amides is 1. The van der Waals surface area contributed by atoms with Crippen LogP contribution in [-0.4, -0.2) is 21.4 Å². The third kappa shape index (κ3) is 5.60. The van der Waals surface area contributed by atoms with Crippen LogP contribution >= 0.6 is 0 Å². The molecule has 29 heavy (non-hydrogen) atoms. The fraction of sp³-hybridized carbons (Fsp3) is 0.318. The van der Waals surface area contributed by atoms with Crippen molar-refractivity contribution in [2.45, 2.75) is 43.9 Å². The van der Waals surface area contributed by atoms with E-state index in [1.165, 1.54) is 12.5 Å². The number of nitrogens with one attached hydrogen (secondary N) is 2. The van der Waals surface area contributed by atoms with Gasteiger partial charge in [0.25, 0.3) is 10.0 Å². The molecule has 2 N–H and O–H groups in total. The van der Waals surface area contributed by atoms with E-state index in [0.29, 0.717) is 22.7 Å². The van der Waals surface area contributed by atoms with Crippen LogP contribution in [0.1, 0.15) is 37.7 Å². The second-order valence-corrected chi connectivity index (χ2v) is 8.82. The maximum Gasteiger partial charge on any atom is 0.262 e. The highest BCUT2D eigenvalue weighted by molar-refractivity contribution is 7.92. The molecule has 0 aliphatic heterocycles. The van der Waals surface area contributed by atoms with Crippen LogP contribution in [0.2, 0.25) is 0 Å². The molecule has 0 heterocycles. The number of carbonyl (C=O) groups is 1. The van der Waals surface area contributed by atoms with E-state index < -0.39 is 10.0 Å². The SMILES string of the molecule is COc1ccc(NS(=O)(=O)c2cc(NC(=O)C=C3CCCCC3)ccc2C)cc1. The van der Waals surface area contributed by atoms with Crippen LogP contribution in [0.3, 0.4) is 0 Å². The number of hydrogen-bond acceptors (Lipinski definition) is 4. The Morgan fingerprint density at radius 3 is 2.31 bits per heavy atom. The van der Waals surface area contributed by atoms with Crippen molar-refractivity contribution >= 4 is 27.3 Å². The van der Waals surface area contributed by atoms with Gasteiger partial charge in [-0.1, -0.05) is 18.1 Å². The number of anilines is 2. The average Bonchev–Trinajstić information content (AvgIpc) is 2.70. The number of sulfonamides is 1. The molecule has 0 bridgehead atoms. The number of aryl methyl sites for hydroxylation is 1. The standard InChI is InChI=1S/C22H26N2O4S/c1-16-8-9-19(23-22(25)14-17-6-4-3-5-7-17)15-21(16)29(26,27)24-18-10-12-20(28-2)13-11-18/h8-15,24H,3-7H2,1-2H3,(H,23,25). The number of allylic oxidation sites excluding steroid dienone is 1. The monoisotopic (exact) mass is 414 g/mol. The second kappa shape index (κ2) is 9.13. The summed E-state index contributed by atoms with van der Waals surface area (Å²) in [4.78, 5) is 12.4. The number of rotatable bonds is 6. The molecule has 1 aliphatic carbocycles. The van der Waals surface area contributed by atoms with Crippen LogP contribution in [0.4, 0.5) is 11.4 Å². The molecule has 1 amide bonds. The number of benzene rings is 2. The zero-order valence-corrected chi connectivity index (χ0v) is 17.5. The van der Waals surface area contributed by atoms with Crippen molar-refractivity contribution in [3.63, 3.8) is 0 Å². The van der Waals surface area contributed by atoms with Gasteiger partial charge in [0, 0.05) is 17.5 Å². The molecule has 0 unspecified atom stereocenters. The van der Waals surface area contributed by atoms with Gasteiger partial charge in [-0.25, -0.2) is 8.42 Å². The Morgan fingerprint density at radius 1 is 1.00 bits per heavy atom. The van der Waals surface area contributed by atoms with Gasteiger partial charge in [-0.3, -0.25) is 9.52 Å². The number of hydrogen-bond donors (Lipinski definition) is 2. The minimum absolute atomic E-state index is 0.122. The highest BCUT2D eigenvalue weighted by Gasteiger charge is 2.18. The van der Waals surface area contributed by atoms with Gasteiger partial charge in [-0.15, -0.1) is 0 Å². The fourth-order valence-electron chi connectivity index (χ4n) is 3.35. The third-order valence-electron chi connectivity index (χ3n) is 4.92. The molecule has 0 aromatic heterocycles. The largest absolute Gasteiger partial charge is 0.497 e. The molecular weight excluding hydrogens is 388 g/mol. The van der Waals surface area contributed by atoms with Gasteiger partial charge in [-0.2, -0.15) is 0 Å². The molecule has 154 valence electrons. The maximum atomic E-state index is 12.9. The van der Waals surface area contributed by atoms with Crippen LogP contribution in [0.15, 0.2) is 59.0 Å². The Bertz CT molecular complexity index is 1000. The highest BCUT2D eigenvalue weighted by atomic mass is 32.2. The summed E-state index contributed by atoms with van der Waals surface area (Å²) in [5.74, 6) is 0.415. The van der Waals surface area contributed by atoms with E-state index in [1.807, 2.05) is 0 Å². The molecule has 0 atom stereocenters. The molecule has 0 spiro atoms. The Morgan fingerprint density at radius 2 is 1.66 bits per heavy atom. The third-order valence-corrected chi connectivity index (χ3v) is 6.44. The number of carbonyl (C=O) groups excluding carboxylic acids is 1. The van der Waals surface area contributed by atoms with E-state index in [0.717, 1.165) is 31.3 Å².